The van der Waals surface area contributed by atoms with E-state index < -0.39 is 5.91 Å². The van der Waals surface area contributed by atoms with Gasteiger partial charge in [-0.1, -0.05) is 6.92 Å². The van der Waals surface area contributed by atoms with Gasteiger partial charge in [0.05, 0.1) is 32.1 Å². The topological polar surface area (TPSA) is 94.8 Å². The molecule has 1 amide bonds. The molecule has 0 spiro atoms. The highest BCUT2D eigenvalue weighted by Crippen LogP contribution is 2.35. The molecular formula is C22H24N4O4S. The Hall–Kier alpha value is -3.20. The lowest BCUT2D eigenvalue weighted by atomic mass is 9.89. The molecule has 31 heavy (non-hydrogen) atoms. The second-order valence-corrected chi connectivity index (χ2v) is 8.70. The summed E-state index contributed by atoms with van der Waals surface area (Å²) in [6, 6.07) is 5.29. The number of aryl methyl sites for hydroxylation is 1. The number of hydrazone groups is 1. The van der Waals surface area contributed by atoms with Gasteiger partial charge in [-0.25, -0.2) is 10.4 Å². The second kappa shape index (κ2) is 8.89. The smallest absolute Gasteiger partial charge is 0.262 e. The summed E-state index contributed by atoms with van der Waals surface area (Å²) >= 11 is 1.59. The van der Waals surface area contributed by atoms with Crippen molar-refractivity contribution in [1.82, 2.24) is 15.0 Å². The SMILES string of the molecule is COc1ccc(C=NNC(=O)Cn2cnc3sc4c(c3c2=O)CCC(C)C4)cc1OC. The average Bonchev–Trinajstić information content (AvgIpc) is 3.13. The first kappa shape index (κ1) is 21.0. The molecule has 0 aliphatic heterocycles. The van der Waals surface area contributed by atoms with Gasteiger partial charge in [0, 0.05) is 4.88 Å². The average molecular weight is 441 g/mol. The summed E-state index contributed by atoms with van der Waals surface area (Å²) in [4.78, 5) is 31.8. The molecule has 2 aromatic heterocycles. The Kier molecular flexibility index (Phi) is 6.03. The van der Waals surface area contributed by atoms with Crippen molar-refractivity contribution in [3.05, 3.63) is 50.9 Å². The third-order valence-electron chi connectivity index (χ3n) is 5.41. The third kappa shape index (κ3) is 4.32. The number of benzene rings is 1. The number of fused-ring (bicyclic) bond motifs is 3. The van der Waals surface area contributed by atoms with Crippen LogP contribution in [0.15, 0.2) is 34.4 Å². The molecule has 1 aliphatic rings. The molecule has 2 heterocycles. The summed E-state index contributed by atoms with van der Waals surface area (Å²) in [5, 5.41) is 4.64. The number of nitrogens with zero attached hydrogens (tertiary/aromatic N) is 3. The first-order chi connectivity index (χ1) is 15.0. The molecule has 1 aromatic carbocycles. The van der Waals surface area contributed by atoms with Crippen LogP contribution in [0.5, 0.6) is 11.5 Å². The van der Waals surface area contributed by atoms with Gasteiger partial charge >= 0.3 is 0 Å². The van der Waals surface area contributed by atoms with E-state index in [1.165, 1.54) is 22.0 Å². The van der Waals surface area contributed by atoms with Gasteiger partial charge in [0.25, 0.3) is 11.5 Å². The van der Waals surface area contributed by atoms with E-state index in [9.17, 15) is 9.59 Å². The Bertz CT molecular complexity index is 1210. The zero-order valence-electron chi connectivity index (χ0n) is 17.7. The molecule has 1 atom stereocenters. The lowest BCUT2D eigenvalue weighted by Crippen LogP contribution is -2.30. The van der Waals surface area contributed by atoms with Crippen molar-refractivity contribution < 1.29 is 14.3 Å². The van der Waals surface area contributed by atoms with E-state index in [0.29, 0.717) is 22.8 Å². The molecule has 1 unspecified atom stereocenters. The molecule has 3 aromatic rings. The fourth-order valence-electron chi connectivity index (χ4n) is 3.78. The van der Waals surface area contributed by atoms with Crippen LogP contribution in [-0.4, -0.2) is 35.9 Å². The Balaban J connectivity index is 1.47. The maximum Gasteiger partial charge on any atom is 0.262 e. The Labute approximate surface area is 183 Å². The lowest BCUT2D eigenvalue weighted by molar-refractivity contribution is -0.121. The maximum atomic E-state index is 13.0. The van der Waals surface area contributed by atoms with Crippen molar-refractivity contribution in [2.45, 2.75) is 32.7 Å². The Morgan fingerprint density at radius 1 is 1.35 bits per heavy atom. The number of carbonyl (C=O) groups excluding carboxylic acids is 1. The molecule has 1 aliphatic carbocycles. The van der Waals surface area contributed by atoms with Crippen LogP contribution in [0.1, 0.15) is 29.3 Å². The monoisotopic (exact) mass is 440 g/mol. The minimum absolute atomic E-state index is 0.147. The molecule has 1 N–H and O–H groups in total. The molecule has 4 rings (SSSR count). The molecule has 0 bridgehead atoms. The number of thiophene rings is 1. The van der Waals surface area contributed by atoms with Crippen LogP contribution in [0, 0.1) is 5.92 Å². The number of hydrogen-bond acceptors (Lipinski definition) is 7. The number of aromatic nitrogens is 2. The number of amides is 1. The molecule has 162 valence electrons. The van der Waals surface area contributed by atoms with Crippen molar-refractivity contribution >= 4 is 33.7 Å². The van der Waals surface area contributed by atoms with E-state index >= 15 is 0 Å². The summed E-state index contributed by atoms with van der Waals surface area (Å²) in [5.74, 6) is 1.39. The van der Waals surface area contributed by atoms with Crippen LogP contribution in [-0.2, 0) is 24.2 Å². The van der Waals surface area contributed by atoms with Crippen LogP contribution < -0.4 is 20.5 Å². The van der Waals surface area contributed by atoms with Crippen molar-refractivity contribution in [2.24, 2.45) is 11.0 Å². The quantitative estimate of drug-likeness (QED) is 0.470. The molecule has 9 heteroatoms. The van der Waals surface area contributed by atoms with Crippen molar-refractivity contribution in [2.75, 3.05) is 14.2 Å². The van der Waals surface area contributed by atoms with E-state index in [2.05, 4.69) is 22.4 Å². The summed E-state index contributed by atoms with van der Waals surface area (Å²) in [5.41, 5.74) is 4.13. The lowest BCUT2D eigenvalue weighted by Gasteiger charge is -2.17. The minimum atomic E-state index is -0.405. The first-order valence-electron chi connectivity index (χ1n) is 10.0. The molecule has 0 fully saturated rings. The molecule has 0 saturated carbocycles. The van der Waals surface area contributed by atoms with Gasteiger partial charge in [-0.3, -0.25) is 14.2 Å². The zero-order valence-corrected chi connectivity index (χ0v) is 18.5. The Morgan fingerprint density at radius 2 is 2.16 bits per heavy atom. The van der Waals surface area contributed by atoms with Crippen LogP contribution in [0.2, 0.25) is 0 Å². The second-order valence-electron chi connectivity index (χ2n) is 7.62. The number of carbonyl (C=O) groups is 1. The predicted molar refractivity (Wildman–Crippen MR) is 120 cm³/mol. The van der Waals surface area contributed by atoms with Crippen molar-refractivity contribution in [3.8, 4) is 11.5 Å². The predicted octanol–water partition coefficient (Wildman–Crippen LogP) is 2.75. The summed E-state index contributed by atoms with van der Waals surface area (Å²) in [6.07, 6.45) is 5.88. The molecule has 8 nitrogen and oxygen atoms in total. The minimum Gasteiger partial charge on any atom is -0.493 e. The van der Waals surface area contributed by atoms with E-state index in [-0.39, 0.29) is 12.1 Å². The normalized spacial score (nSPS) is 15.8. The van der Waals surface area contributed by atoms with Gasteiger partial charge in [0.2, 0.25) is 0 Å². The summed E-state index contributed by atoms with van der Waals surface area (Å²) in [6.45, 7) is 2.08. The number of methoxy groups -OCH3 is 2. The number of rotatable bonds is 6. The van der Waals surface area contributed by atoms with Crippen molar-refractivity contribution in [3.63, 3.8) is 0 Å². The molecular weight excluding hydrogens is 416 g/mol. The van der Waals surface area contributed by atoms with Crippen molar-refractivity contribution in [1.29, 1.82) is 0 Å². The highest BCUT2D eigenvalue weighted by atomic mass is 32.1. The van der Waals surface area contributed by atoms with Gasteiger partial charge in [-0.15, -0.1) is 11.3 Å². The highest BCUT2D eigenvalue weighted by Gasteiger charge is 2.23. The molecule has 0 radical (unpaired) electrons. The van der Waals surface area contributed by atoms with Crippen LogP contribution >= 0.6 is 11.3 Å². The van der Waals surface area contributed by atoms with Gasteiger partial charge in [-0.2, -0.15) is 5.10 Å². The van der Waals surface area contributed by atoms with Crippen LogP contribution in [0.4, 0.5) is 0 Å². The van der Waals surface area contributed by atoms with Crippen LogP contribution in [0.3, 0.4) is 0 Å². The molecule has 0 saturated heterocycles. The van der Waals surface area contributed by atoms with E-state index in [1.54, 1.807) is 43.8 Å². The zero-order chi connectivity index (χ0) is 22.0. The Morgan fingerprint density at radius 3 is 2.94 bits per heavy atom. The summed E-state index contributed by atoms with van der Waals surface area (Å²) in [7, 11) is 3.11. The standard InChI is InChI=1S/C22H24N4O4S/c1-13-4-6-15-18(8-13)31-21-20(15)22(28)26(12-23-21)11-19(27)25-24-10-14-5-7-16(29-2)17(9-14)30-3/h5,7,9-10,12-13H,4,6,8,11H2,1-3H3,(H,25,27). The number of ether oxygens (including phenoxy) is 2. The fraction of sp³-hybridized carbons (Fsp3) is 0.364. The van der Waals surface area contributed by atoms with Gasteiger partial charge < -0.3 is 9.47 Å². The van der Waals surface area contributed by atoms with Crippen LogP contribution in [0.25, 0.3) is 10.2 Å². The first-order valence-corrected chi connectivity index (χ1v) is 10.9. The maximum absolute atomic E-state index is 13.0. The highest BCUT2D eigenvalue weighted by molar-refractivity contribution is 7.18. The number of hydrogen-bond donors (Lipinski definition) is 1. The fourth-order valence-corrected chi connectivity index (χ4v) is 5.12. The summed E-state index contributed by atoms with van der Waals surface area (Å²) < 4.78 is 11.8. The third-order valence-corrected chi connectivity index (χ3v) is 6.57. The van der Waals surface area contributed by atoms with Gasteiger partial charge in [0.1, 0.15) is 11.4 Å². The van der Waals surface area contributed by atoms with E-state index in [4.69, 9.17) is 9.47 Å². The largest absolute Gasteiger partial charge is 0.493 e. The van der Waals surface area contributed by atoms with Gasteiger partial charge in [0.15, 0.2) is 11.5 Å². The van der Waals surface area contributed by atoms with E-state index in [0.717, 1.165) is 35.2 Å². The van der Waals surface area contributed by atoms with Gasteiger partial charge in [-0.05, 0) is 54.5 Å². The number of nitrogens with one attached hydrogen (secondary N) is 1. The van der Waals surface area contributed by atoms with E-state index in [1.807, 2.05) is 0 Å².